The summed E-state index contributed by atoms with van der Waals surface area (Å²) in [5.41, 5.74) is 5.09. The van der Waals surface area contributed by atoms with Crippen molar-refractivity contribution in [3.63, 3.8) is 0 Å². The van der Waals surface area contributed by atoms with Gasteiger partial charge in [0.15, 0.2) is 11.5 Å². The standard InChI is InChI=1S/C44H50N4O10.H2O/c1-7-41-16-20(37(51)55-5)34-44(23-14-25(49)30(53-3)31(54-4)28(23)46-34)10-12-48(40(41)44)29-19-13-22-24(15-26(19)57-32(29)35(41)50)45-33-21(38(52)56-6)17-42(8-2)36-27(58-36)18-47-11-9-43(22,33)39(42)47;/h13-15,27,29,32,35-36,39-40,45-46,49-50H,7-12,16-18H2,1-6H3;1H2/t27-,29-,32+,35-,36-,39+,40+,41-,42-,43+,44+;/m1./s1. The van der Waals surface area contributed by atoms with Gasteiger partial charge in [-0.25, -0.2) is 9.59 Å². The van der Waals surface area contributed by atoms with Gasteiger partial charge in [0, 0.05) is 64.7 Å². The average molecular weight is 813 g/mol. The Balaban J connectivity index is 0.00000397. The normalized spacial score (nSPS) is 39.3. The zero-order valence-corrected chi connectivity index (χ0v) is 34.2. The first-order valence-electron chi connectivity index (χ1n) is 20.9. The van der Waals surface area contributed by atoms with Crippen molar-refractivity contribution < 1.29 is 53.7 Å². The SMILES string of the molecule is CC[C@@]12CC(C(=O)OC)=C3Nc4cc5c(cc4[C@@]34CCN(C[C@H]3O[C@H]31)[C@@H]24)[C@@H]1[C@H](O5)[C@@H](O)[C@@]2(CC)CC(C(=O)OC)=C3Nc4c(cc(O)c(OC)c4OC)[C@@]34CCN1[C@@H]24.O. The molecule has 2 aromatic carbocycles. The molecule has 0 bridgehead atoms. The maximum absolute atomic E-state index is 13.9. The monoisotopic (exact) mass is 812 g/mol. The lowest BCUT2D eigenvalue weighted by molar-refractivity contribution is -0.168. The molecule has 0 saturated carbocycles. The molecule has 2 aromatic rings. The molecule has 10 aliphatic rings. The largest absolute Gasteiger partial charge is 0.504 e. The van der Waals surface area contributed by atoms with Crippen LogP contribution in [0.1, 0.15) is 75.1 Å². The van der Waals surface area contributed by atoms with Crippen molar-refractivity contribution in [2.75, 3.05) is 58.7 Å². The maximum Gasteiger partial charge on any atom is 0.335 e. The molecule has 5 fully saturated rings. The smallest absolute Gasteiger partial charge is 0.335 e. The molecule has 11 atom stereocenters. The van der Waals surface area contributed by atoms with Crippen molar-refractivity contribution in [1.82, 2.24) is 9.80 Å². The number of piperidine rings is 2. The summed E-state index contributed by atoms with van der Waals surface area (Å²) in [4.78, 5) is 32.8. The van der Waals surface area contributed by atoms with E-state index in [0.717, 1.165) is 54.1 Å². The molecule has 2 aliphatic carbocycles. The van der Waals surface area contributed by atoms with Crippen LogP contribution >= 0.6 is 0 Å². The van der Waals surface area contributed by atoms with Gasteiger partial charge in [-0.2, -0.15) is 0 Å². The number of esters is 2. The summed E-state index contributed by atoms with van der Waals surface area (Å²) in [6.45, 7) is 6.76. The molecule has 8 aliphatic heterocycles. The minimum atomic E-state index is -0.959. The van der Waals surface area contributed by atoms with Gasteiger partial charge in [-0.3, -0.25) is 9.80 Å². The third-order valence-corrected chi connectivity index (χ3v) is 16.9. The fourth-order valence-corrected chi connectivity index (χ4v) is 14.9. The second kappa shape index (κ2) is 11.8. The Labute approximate surface area is 341 Å². The van der Waals surface area contributed by atoms with Crippen LogP contribution in [0.2, 0.25) is 0 Å². The number of hydrogen-bond donors (Lipinski definition) is 4. The lowest BCUT2D eigenvalue weighted by Crippen LogP contribution is -2.69. The van der Waals surface area contributed by atoms with Gasteiger partial charge in [-0.05, 0) is 68.3 Å². The Morgan fingerprint density at radius 3 is 2.20 bits per heavy atom. The van der Waals surface area contributed by atoms with E-state index in [4.69, 9.17) is 28.4 Å². The summed E-state index contributed by atoms with van der Waals surface area (Å²) >= 11 is 0. The van der Waals surface area contributed by atoms with Gasteiger partial charge >= 0.3 is 11.9 Å². The molecule has 0 radical (unpaired) electrons. The molecular weight excluding hydrogens is 761 g/mol. The summed E-state index contributed by atoms with van der Waals surface area (Å²) in [5, 5.41) is 31.8. The third kappa shape index (κ3) is 3.94. The topological polar surface area (TPSA) is 195 Å². The van der Waals surface area contributed by atoms with Crippen molar-refractivity contribution >= 4 is 23.3 Å². The number of phenolic OH excluding ortho intramolecular Hbond substituents is 1. The number of epoxide rings is 1. The molecule has 6 N–H and O–H groups in total. The Morgan fingerprint density at radius 2 is 1.53 bits per heavy atom. The lowest BCUT2D eigenvalue weighted by atomic mass is 9.51. The van der Waals surface area contributed by atoms with Crippen LogP contribution in [-0.2, 0) is 34.6 Å². The molecule has 8 heterocycles. The van der Waals surface area contributed by atoms with Gasteiger partial charge < -0.3 is 54.7 Å². The van der Waals surface area contributed by atoms with Crippen LogP contribution in [0.25, 0.3) is 0 Å². The number of carbonyl (C=O) groups is 2. The van der Waals surface area contributed by atoms with Crippen molar-refractivity contribution in [3.05, 3.63) is 57.4 Å². The van der Waals surface area contributed by atoms with E-state index in [0.29, 0.717) is 54.1 Å². The number of fused-ring (bicyclic) bond motifs is 8. The maximum atomic E-state index is 13.9. The number of methoxy groups -OCH3 is 4. The highest BCUT2D eigenvalue weighted by Crippen LogP contribution is 2.73. The summed E-state index contributed by atoms with van der Waals surface area (Å²) < 4.78 is 35.8. The zero-order valence-electron chi connectivity index (χ0n) is 34.2. The van der Waals surface area contributed by atoms with Gasteiger partial charge in [0.2, 0.25) is 5.75 Å². The Morgan fingerprint density at radius 1 is 0.864 bits per heavy atom. The molecule has 0 unspecified atom stereocenters. The summed E-state index contributed by atoms with van der Waals surface area (Å²) in [6, 6.07) is 5.72. The number of benzene rings is 2. The van der Waals surface area contributed by atoms with Gasteiger partial charge in [-0.1, -0.05) is 13.8 Å². The summed E-state index contributed by atoms with van der Waals surface area (Å²) in [6.07, 6.45) is 2.52. The first kappa shape index (κ1) is 37.5. The molecule has 314 valence electrons. The molecule has 5 saturated heterocycles. The van der Waals surface area contributed by atoms with E-state index >= 15 is 0 Å². The number of carbonyl (C=O) groups excluding carboxylic acids is 2. The number of rotatable bonds is 6. The Hall–Kier alpha value is -4.54. The zero-order chi connectivity index (χ0) is 40.0. The number of nitrogens with one attached hydrogen (secondary N) is 2. The van der Waals surface area contributed by atoms with E-state index in [1.54, 1.807) is 13.2 Å². The van der Waals surface area contributed by atoms with E-state index in [2.05, 4.69) is 46.4 Å². The second-order valence-electron chi connectivity index (χ2n) is 18.3. The number of hydrogen-bond acceptors (Lipinski definition) is 14. The van der Waals surface area contributed by atoms with Crippen LogP contribution in [0.15, 0.2) is 40.7 Å². The minimum absolute atomic E-state index is 0. The number of aliphatic hydroxyl groups is 1. The van der Waals surface area contributed by atoms with Crippen LogP contribution in [0.5, 0.6) is 23.0 Å². The second-order valence-corrected chi connectivity index (χ2v) is 18.3. The number of anilines is 2. The molecule has 59 heavy (non-hydrogen) atoms. The molecule has 12 rings (SSSR count). The van der Waals surface area contributed by atoms with E-state index in [9.17, 15) is 19.8 Å². The number of aliphatic hydroxyl groups excluding tert-OH is 1. The van der Waals surface area contributed by atoms with E-state index < -0.39 is 34.4 Å². The molecule has 2 spiro atoms. The summed E-state index contributed by atoms with van der Waals surface area (Å²) in [7, 11) is 5.89. The summed E-state index contributed by atoms with van der Waals surface area (Å²) in [5.74, 6) is 0.458. The third-order valence-electron chi connectivity index (χ3n) is 16.9. The van der Waals surface area contributed by atoms with Gasteiger partial charge in [0.25, 0.3) is 0 Å². The number of nitrogens with zero attached hydrogens (tertiary/aromatic N) is 2. The number of phenols is 1. The van der Waals surface area contributed by atoms with E-state index in [1.165, 1.54) is 26.9 Å². The molecule has 0 amide bonds. The van der Waals surface area contributed by atoms with Crippen LogP contribution < -0.4 is 24.8 Å². The quantitative estimate of drug-likeness (QED) is 0.189. The highest BCUT2D eigenvalue weighted by atomic mass is 16.6. The van der Waals surface area contributed by atoms with Crippen LogP contribution in [-0.4, -0.2) is 122 Å². The Bertz CT molecular complexity index is 2350. The molecule has 15 heteroatoms. The predicted molar refractivity (Wildman–Crippen MR) is 212 cm³/mol. The van der Waals surface area contributed by atoms with Crippen LogP contribution in [0.4, 0.5) is 11.4 Å². The average Bonchev–Trinajstić information content (AvgIpc) is 3.57. The van der Waals surface area contributed by atoms with Crippen molar-refractivity contribution in [3.8, 4) is 23.0 Å². The van der Waals surface area contributed by atoms with Crippen molar-refractivity contribution in [1.29, 1.82) is 0 Å². The number of aromatic hydroxyl groups is 1. The van der Waals surface area contributed by atoms with Crippen LogP contribution in [0.3, 0.4) is 0 Å². The minimum Gasteiger partial charge on any atom is -0.504 e. The van der Waals surface area contributed by atoms with Crippen LogP contribution in [0, 0.1) is 10.8 Å². The van der Waals surface area contributed by atoms with Gasteiger partial charge in [0.1, 0.15) is 18.0 Å². The first-order chi connectivity index (χ1) is 28.0. The molecule has 0 aromatic heterocycles. The van der Waals surface area contributed by atoms with Crippen molar-refractivity contribution in [2.45, 2.75) is 106 Å². The fourth-order valence-electron chi connectivity index (χ4n) is 14.9. The van der Waals surface area contributed by atoms with Gasteiger partial charge in [0.05, 0.1) is 74.4 Å². The first-order valence-corrected chi connectivity index (χ1v) is 20.9. The number of ether oxygens (including phenoxy) is 6. The predicted octanol–water partition coefficient (Wildman–Crippen LogP) is 3.17. The lowest BCUT2D eigenvalue weighted by Gasteiger charge is -2.60. The van der Waals surface area contributed by atoms with E-state index in [1.807, 2.05) is 0 Å². The molecule has 15 nitrogen and oxygen atoms in total. The Kier molecular flexibility index (Phi) is 7.52. The van der Waals surface area contributed by atoms with E-state index in [-0.39, 0.29) is 65.1 Å². The van der Waals surface area contributed by atoms with Gasteiger partial charge in [-0.15, -0.1) is 0 Å². The highest BCUT2D eigenvalue weighted by Gasteiger charge is 2.76. The molecular formula is C44H52N4O11. The fraction of sp³-hybridized carbons (Fsp3) is 0.591. The highest BCUT2D eigenvalue weighted by molar-refractivity contribution is 5.95. The van der Waals surface area contributed by atoms with Crippen molar-refractivity contribution in [2.24, 2.45) is 10.8 Å².